The first-order valence-electron chi connectivity index (χ1n) is 5.01. The molecule has 16 heavy (non-hydrogen) atoms. The molecule has 3 nitrogen and oxygen atoms in total. The quantitative estimate of drug-likeness (QED) is 0.873. The molecule has 0 aromatic carbocycles. The lowest BCUT2D eigenvalue weighted by Crippen LogP contribution is -2.27. The second-order valence-electron chi connectivity index (χ2n) is 3.89. The summed E-state index contributed by atoms with van der Waals surface area (Å²) in [5.74, 6) is 0.243. The van der Waals surface area contributed by atoms with E-state index in [1.807, 2.05) is 18.4 Å². The monoisotopic (exact) mass is 325 g/mol. The summed E-state index contributed by atoms with van der Waals surface area (Å²) >= 11 is 5.15. The van der Waals surface area contributed by atoms with Crippen molar-refractivity contribution in [3.05, 3.63) is 20.8 Å². The molecular formula is C10H16BrNO2S2. The molecule has 0 aliphatic heterocycles. The van der Waals surface area contributed by atoms with Crippen molar-refractivity contribution in [2.24, 2.45) is 0 Å². The van der Waals surface area contributed by atoms with Crippen LogP contribution in [0.5, 0.6) is 0 Å². The molecule has 1 aromatic heterocycles. The van der Waals surface area contributed by atoms with Crippen LogP contribution in [-0.2, 0) is 16.4 Å². The first-order chi connectivity index (χ1) is 7.38. The van der Waals surface area contributed by atoms with Gasteiger partial charge in [0.2, 0.25) is 0 Å². The van der Waals surface area contributed by atoms with Gasteiger partial charge in [0.1, 0.15) is 9.84 Å². The SMILES string of the molecule is C[C@@H](CCS(C)(=O)=O)NCc1sccc1Br. The predicted molar refractivity (Wildman–Crippen MR) is 72.6 cm³/mol. The highest BCUT2D eigenvalue weighted by atomic mass is 79.9. The van der Waals surface area contributed by atoms with Gasteiger partial charge in [0.05, 0.1) is 5.75 Å². The third-order valence-electron chi connectivity index (χ3n) is 2.22. The standard InChI is InChI=1S/C10H16BrNO2S2/c1-8(4-6-16(2,13)14)12-7-10-9(11)3-5-15-10/h3,5,8,12H,4,6-7H2,1-2H3/t8-/m0/s1. The molecule has 6 heteroatoms. The van der Waals surface area contributed by atoms with Crippen LogP contribution in [0.3, 0.4) is 0 Å². The van der Waals surface area contributed by atoms with Gasteiger partial charge in [0, 0.05) is 28.2 Å². The molecule has 0 aliphatic carbocycles. The van der Waals surface area contributed by atoms with E-state index < -0.39 is 9.84 Å². The lowest BCUT2D eigenvalue weighted by Gasteiger charge is -2.12. The second kappa shape index (κ2) is 6.14. The second-order valence-corrected chi connectivity index (χ2v) is 8.01. The summed E-state index contributed by atoms with van der Waals surface area (Å²) in [6.07, 6.45) is 1.93. The van der Waals surface area contributed by atoms with Crippen LogP contribution in [0.2, 0.25) is 0 Å². The van der Waals surface area contributed by atoms with E-state index in [0.29, 0.717) is 6.42 Å². The minimum atomic E-state index is -2.85. The van der Waals surface area contributed by atoms with Crippen LogP contribution in [0, 0.1) is 0 Å². The fourth-order valence-corrected chi connectivity index (χ4v) is 3.44. The summed E-state index contributed by atoms with van der Waals surface area (Å²) in [6.45, 7) is 2.79. The summed E-state index contributed by atoms with van der Waals surface area (Å²) in [5, 5.41) is 5.34. The van der Waals surface area contributed by atoms with Crippen molar-refractivity contribution in [2.75, 3.05) is 12.0 Å². The fourth-order valence-electron chi connectivity index (χ4n) is 1.21. The number of hydrogen-bond donors (Lipinski definition) is 1. The van der Waals surface area contributed by atoms with E-state index in [2.05, 4.69) is 21.2 Å². The van der Waals surface area contributed by atoms with Crippen LogP contribution in [0.25, 0.3) is 0 Å². The molecule has 0 saturated carbocycles. The Balaban J connectivity index is 2.31. The Morgan fingerprint density at radius 3 is 2.75 bits per heavy atom. The molecule has 0 fully saturated rings. The zero-order chi connectivity index (χ0) is 12.2. The van der Waals surface area contributed by atoms with E-state index >= 15 is 0 Å². The molecule has 1 aromatic rings. The van der Waals surface area contributed by atoms with E-state index in [0.717, 1.165) is 11.0 Å². The largest absolute Gasteiger partial charge is 0.309 e. The lowest BCUT2D eigenvalue weighted by atomic mass is 10.2. The van der Waals surface area contributed by atoms with Gasteiger partial charge in [0.25, 0.3) is 0 Å². The Kier molecular flexibility index (Phi) is 5.43. The molecule has 1 heterocycles. The zero-order valence-electron chi connectivity index (χ0n) is 9.36. The summed E-state index contributed by atoms with van der Waals surface area (Å²) in [4.78, 5) is 1.24. The van der Waals surface area contributed by atoms with Gasteiger partial charge < -0.3 is 5.32 Å². The minimum absolute atomic E-state index is 0.212. The topological polar surface area (TPSA) is 46.2 Å². The maximum absolute atomic E-state index is 11.0. The lowest BCUT2D eigenvalue weighted by molar-refractivity contribution is 0.529. The maximum Gasteiger partial charge on any atom is 0.147 e. The number of thiophene rings is 1. The average molecular weight is 326 g/mol. The number of rotatable bonds is 6. The predicted octanol–water partition coefficient (Wildman–Crippen LogP) is 2.42. The minimum Gasteiger partial charge on any atom is -0.309 e. The smallest absolute Gasteiger partial charge is 0.147 e. The molecule has 0 aliphatic rings. The highest BCUT2D eigenvalue weighted by Crippen LogP contribution is 2.22. The Hall–Kier alpha value is 0.0900. The molecule has 92 valence electrons. The molecular weight excluding hydrogens is 310 g/mol. The van der Waals surface area contributed by atoms with Crippen LogP contribution >= 0.6 is 27.3 Å². The maximum atomic E-state index is 11.0. The molecule has 1 N–H and O–H groups in total. The van der Waals surface area contributed by atoms with Gasteiger partial charge in [-0.2, -0.15) is 0 Å². The van der Waals surface area contributed by atoms with E-state index in [1.165, 1.54) is 11.1 Å². The Morgan fingerprint density at radius 2 is 2.25 bits per heavy atom. The summed E-state index contributed by atoms with van der Waals surface area (Å²) in [7, 11) is -2.85. The first kappa shape index (κ1) is 14.2. The van der Waals surface area contributed by atoms with E-state index in [-0.39, 0.29) is 11.8 Å². The summed E-state index contributed by atoms with van der Waals surface area (Å²) < 4.78 is 23.1. The Bertz CT molecular complexity index is 428. The normalized spacial score (nSPS) is 13.9. The molecule has 0 amide bonds. The van der Waals surface area contributed by atoms with E-state index in [1.54, 1.807) is 11.3 Å². The van der Waals surface area contributed by atoms with E-state index in [9.17, 15) is 8.42 Å². The molecule has 0 radical (unpaired) electrons. The van der Waals surface area contributed by atoms with Crippen molar-refractivity contribution in [3.63, 3.8) is 0 Å². The van der Waals surface area contributed by atoms with Crippen LogP contribution in [0.1, 0.15) is 18.2 Å². The molecule has 0 saturated heterocycles. The summed E-state index contributed by atoms with van der Waals surface area (Å²) in [5.41, 5.74) is 0. The van der Waals surface area contributed by atoms with Crippen LogP contribution in [-0.4, -0.2) is 26.5 Å². The van der Waals surface area contributed by atoms with Crippen molar-refractivity contribution >= 4 is 37.1 Å². The number of nitrogens with one attached hydrogen (secondary N) is 1. The van der Waals surface area contributed by atoms with Crippen molar-refractivity contribution in [1.29, 1.82) is 0 Å². The highest BCUT2D eigenvalue weighted by Gasteiger charge is 2.08. The molecule has 1 atom stereocenters. The summed E-state index contributed by atoms with van der Waals surface area (Å²) in [6, 6.07) is 2.23. The van der Waals surface area contributed by atoms with Crippen LogP contribution in [0.4, 0.5) is 0 Å². The van der Waals surface area contributed by atoms with Gasteiger partial charge in [0.15, 0.2) is 0 Å². The fraction of sp³-hybridized carbons (Fsp3) is 0.600. The van der Waals surface area contributed by atoms with Crippen LogP contribution in [0.15, 0.2) is 15.9 Å². The molecule has 0 bridgehead atoms. The molecule has 0 unspecified atom stereocenters. The van der Waals surface area contributed by atoms with Crippen LogP contribution < -0.4 is 5.32 Å². The van der Waals surface area contributed by atoms with Gasteiger partial charge in [-0.25, -0.2) is 8.42 Å². The van der Waals surface area contributed by atoms with Gasteiger partial charge in [-0.05, 0) is 40.7 Å². The number of hydrogen-bond acceptors (Lipinski definition) is 4. The van der Waals surface area contributed by atoms with Crippen molar-refractivity contribution in [2.45, 2.75) is 25.9 Å². The van der Waals surface area contributed by atoms with Crippen molar-refractivity contribution < 1.29 is 8.42 Å². The van der Waals surface area contributed by atoms with Gasteiger partial charge in [-0.1, -0.05) is 0 Å². The third kappa shape index (κ3) is 5.43. The van der Waals surface area contributed by atoms with Crippen molar-refractivity contribution in [3.8, 4) is 0 Å². The molecule has 0 spiro atoms. The van der Waals surface area contributed by atoms with Crippen molar-refractivity contribution in [1.82, 2.24) is 5.32 Å². The third-order valence-corrected chi connectivity index (χ3v) is 5.13. The molecule has 1 rings (SSSR count). The van der Waals surface area contributed by atoms with Gasteiger partial charge in [-0.3, -0.25) is 0 Å². The van der Waals surface area contributed by atoms with E-state index in [4.69, 9.17) is 0 Å². The zero-order valence-corrected chi connectivity index (χ0v) is 12.6. The highest BCUT2D eigenvalue weighted by molar-refractivity contribution is 9.10. The van der Waals surface area contributed by atoms with Gasteiger partial charge in [-0.15, -0.1) is 11.3 Å². The van der Waals surface area contributed by atoms with Gasteiger partial charge >= 0.3 is 0 Å². The first-order valence-corrected chi connectivity index (χ1v) is 8.75. The number of halogens is 1. The Morgan fingerprint density at radius 1 is 1.56 bits per heavy atom. The Labute approximate surface area is 109 Å². The average Bonchev–Trinajstić information content (AvgIpc) is 2.57. The number of sulfone groups is 1.